The van der Waals surface area contributed by atoms with Crippen molar-refractivity contribution in [1.82, 2.24) is 4.90 Å². The molecule has 0 aliphatic heterocycles. The number of aliphatic hydroxyl groups is 1. The Hall–Kier alpha value is -1.03. The number of rotatable bonds is 5. The van der Waals surface area contributed by atoms with E-state index in [9.17, 15) is 4.79 Å². The van der Waals surface area contributed by atoms with E-state index in [2.05, 4.69) is 0 Å². The summed E-state index contributed by atoms with van der Waals surface area (Å²) in [6, 6.07) is 0. The van der Waals surface area contributed by atoms with Gasteiger partial charge < -0.3 is 14.7 Å². The fourth-order valence-electron chi connectivity index (χ4n) is 0.737. The largest absolute Gasteiger partial charge is 0.502 e. The molecule has 0 saturated heterocycles. The van der Waals surface area contributed by atoms with Crippen molar-refractivity contribution in [3.05, 3.63) is 11.8 Å². The molecule has 1 N–H and O–H groups in total. The zero-order valence-corrected chi connectivity index (χ0v) is 8.41. The van der Waals surface area contributed by atoms with Gasteiger partial charge in [0.1, 0.15) is 0 Å². The lowest BCUT2D eigenvalue weighted by atomic mass is 10.4. The van der Waals surface area contributed by atoms with Crippen molar-refractivity contribution < 1.29 is 14.6 Å². The lowest BCUT2D eigenvalue weighted by molar-refractivity contribution is -0.142. The van der Waals surface area contributed by atoms with Gasteiger partial charge in [-0.3, -0.25) is 0 Å². The molecule has 0 heterocycles. The molecule has 0 spiro atoms. The molecule has 13 heavy (non-hydrogen) atoms. The lowest BCUT2D eigenvalue weighted by Crippen LogP contribution is -2.16. The van der Waals surface area contributed by atoms with E-state index in [1.165, 1.54) is 6.08 Å². The maximum absolute atomic E-state index is 10.9. The molecule has 0 aliphatic rings. The first kappa shape index (κ1) is 12.0. The Bertz CT molecular complexity index is 187. The minimum Gasteiger partial charge on any atom is -0.502 e. The Labute approximate surface area is 78.8 Å². The molecule has 0 aromatic carbocycles. The molecule has 0 rings (SSSR count). The summed E-state index contributed by atoms with van der Waals surface area (Å²) in [5.74, 6) is -0.980. The first-order valence-electron chi connectivity index (χ1n) is 4.25. The average molecular weight is 187 g/mol. The van der Waals surface area contributed by atoms with Crippen molar-refractivity contribution >= 4 is 5.97 Å². The highest BCUT2D eigenvalue weighted by molar-refractivity contribution is 5.85. The van der Waals surface area contributed by atoms with Gasteiger partial charge in [0.2, 0.25) is 0 Å². The van der Waals surface area contributed by atoms with Crippen LogP contribution in [0, 0.1) is 0 Å². The van der Waals surface area contributed by atoms with Crippen LogP contribution in [0.15, 0.2) is 11.8 Å². The number of hydrogen-bond donors (Lipinski definition) is 1. The summed E-state index contributed by atoms with van der Waals surface area (Å²) in [6.07, 6.45) is 2.09. The normalized spacial score (nSPS) is 11.8. The number of allylic oxidation sites excluding steroid dienone is 1. The summed E-state index contributed by atoms with van der Waals surface area (Å²) in [5.41, 5.74) is 0. The molecular weight excluding hydrogens is 170 g/mol. The number of aliphatic hydroxyl groups excluding tert-OH is 1. The van der Waals surface area contributed by atoms with Gasteiger partial charge in [-0.15, -0.1) is 0 Å². The minimum absolute atomic E-state index is 0.329. The lowest BCUT2D eigenvalue weighted by Gasteiger charge is -2.08. The Morgan fingerprint density at radius 1 is 1.54 bits per heavy atom. The Morgan fingerprint density at radius 3 is 2.62 bits per heavy atom. The van der Waals surface area contributed by atoms with Gasteiger partial charge in [0.25, 0.3) is 0 Å². The fraction of sp³-hybridized carbons (Fsp3) is 0.667. The van der Waals surface area contributed by atoms with Crippen LogP contribution in [0.25, 0.3) is 0 Å². The van der Waals surface area contributed by atoms with Gasteiger partial charge in [-0.25, -0.2) is 4.79 Å². The molecular formula is C9H17NO3. The highest BCUT2D eigenvalue weighted by Gasteiger charge is 2.06. The number of ether oxygens (including phenoxy) is 1. The van der Waals surface area contributed by atoms with Crippen LogP contribution in [0.4, 0.5) is 0 Å². The van der Waals surface area contributed by atoms with E-state index in [-0.39, 0.29) is 5.76 Å². The third-order valence-corrected chi connectivity index (χ3v) is 1.47. The van der Waals surface area contributed by atoms with Crippen molar-refractivity contribution in [3.8, 4) is 0 Å². The van der Waals surface area contributed by atoms with Gasteiger partial charge in [-0.1, -0.05) is 0 Å². The third kappa shape index (κ3) is 6.16. The van der Waals surface area contributed by atoms with Crippen LogP contribution in [0.5, 0.6) is 0 Å². The highest BCUT2D eigenvalue weighted by atomic mass is 16.5. The van der Waals surface area contributed by atoms with E-state index >= 15 is 0 Å². The summed E-state index contributed by atoms with van der Waals surface area (Å²) in [4.78, 5) is 12.9. The smallest absolute Gasteiger partial charge is 0.373 e. The predicted octanol–water partition coefficient (Wildman–Crippen LogP) is 0.943. The number of esters is 1. The van der Waals surface area contributed by atoms with Gasteiger partial charge in [0, 0.05) is 6.54 Å². The van der Waals surface area contributed by atoms with Crippen LogP contribution < -0.4 is 0 Å². The van der Waals surface area contributed by atoms with Crippen molar-refractivity contribution in [2.75, 3.05) is 27.2 Å². The van der Waals surface area contributed by atoms with Crippen LogP contribution in [-0.2, 0) is 9.53 Å². The van der Waals surface area contributed by atoms with Crippen LogP contribution in [0.3, 0.4) is 0 Å². The Kier molecular flexibility index (Phi) is 5.97. The summed E-state index contributed by atoms with van der Waals surface area (Å²) < 4.78 is 4.76. The van der Waals surface area contributed by atoms with Crippen molar-refractivity contribution in [3.63, 3.8) is 0 Å². The monoisotopic (exact) mass is 187 g/mol. The molecule has 0 fully saturated rings. The molecule has 4 nitrogen and oxygen atoms in total. The van der Waals surface area contributed by atoms with Crippen molar-refractivity contribution in [1.29, 1.82) is 0 Å². The molecule has 76 valence electrons. The standard InChI is InChI=1S/C9H17NO3/c1-4-8(11)9(12)13-7-5-6-10(2)3/h4,11H,5-7H2,1-3H3. The van der Waals surface area contributed by atoms with Crippen molar-refractivity contribution in [2.24, 2.45) is 0 Å². The topological polar surface area (TPSA) is 49.8 Å². The second-order valence-corrected chi connectivity index (χ2v) is 2.97. The maximum atomic E-state index is 10.9. The maximum Gasteiger partial charge on any atom is 0.373 e. The van der Waals surface area contributed by atoms with E-state index in [0.717, 1.165) is 13.0 Å². The summed E-state index contributed by atoms with van der Waals surface area (Å²) in [7, 11) is 3.90. The zero-order valence-electron chi connectivity index (χ0n) is 8.41. The highest BCUT2D eigenvalue weighted by Crippen LogP contribution is 1.94. The number of carbonyl (C=O) groups is 1. The van der Waals surface area contributed by atoms with E-state index in [1.54, 1.807) is 6.92 Å². The molecule has 0 atom stereocenters. The quantitative estimate of drug-likeness (QED) is 0.301. The summed E-state index contributed by atoms with van der Waals surface area (Å²) >= 11 is 0. The Balaban J connectivity index is 3.49. The number of nitrogens with zero attached hydrogens (tertiary/aromatic N) is 1. The molecule has 0 unspecified atom stereocenters. The molecule has 0 amide bonds. The second kappa shape index (κ2) is 6.48. The van der Waals surface area contributed by atoms with Crippen LogP contribution >= 0.6 is 0 Å². The second-order valence-electron chi connectivity index (χ2n) is 2.97. The molecule has 0 aliphatic carbocycles. The minimum atomic E-state index is -0.652. The van der Waals surface area contributed by atoms with E-state index in [0.29, 0.717) is 6.61 Å². The first-order valence-corrected chi connectivity index (χ1v) is 4.25. The van der Waals surface area contributed by atoms with Gasteiger partial charge in [0.05, 0.1) is 6.61 Å². The first-order chi connectivity index (χ1) is 6.07. The van der Waals surface area contributed by atoms with Gasteiger partial charge in [-0.2, -0.15) is 0 Å². The average Bonchev–Trinajstić information content (AvgIpc) is 2.10. The van der Waals surface area contributed by atoms with Gasteiger partial charge in [-0.05, 0) is 33.5 Å². The summed E-state index contributed by atoms with van der Waals surface area (Å²) in [5, 5.41) is 8.91. The van der Waals surface area contributed by atoms with Gasteiger partial charge in [0.15, 0.2) is 5.76 Å². The summed E-state index contributed by atoms with van der Waals surface area (Å²) in [6.45, 7) is 2.79. The predicted molar refractivity (Wildman–Crippen MR) is 50.5 cm³/mol. The zero-order chi connectivity index (χ0) is 10.3. The Morgan fingerprint density at radius 2 is 2.15 bits per heavy atom. The fourth-order valence-corrected chi connectivity index (χ4v) is 0.737. The molecule has 0 radical (unpaired) electrons. The number of carbonyl (C=O) groups excluding carboxylic acids is 1. The third-order valence-electron chi connectivity index (χ3n) is 1.47. The molecule has 0 aromatic heterocycles. The van der Waals surface area contributed by atoms with E-state index < -0.39 is 5.97 Å². The van der Waals surface area contributed by atoms with Gasteiger partial charge >= 0.3 is 5.97 Å². The molecule has 0 saturated carbocycles. The van der Waals surface area contributed by atoms with Crippen LogP contribution in [0.1, 0.15) is 13.3 Å². The molecule has 0 aromatic rings. The van der Waals surface area contributed by atoms with E-state index in [1.807, 2.05) is 19.0 Å². The molecule has 4 heteroatoms. The van der Waals surface area contributed by atoms with Crippen LogP contribution in [0.2, 0.25) is 0 Å². The number of hydrogen-bond acceptors (Lipinski definition) is 4. The van der Waals surface area contributed by atoms with Crippen molar-refractivity contribution in [2.45, 2.75) is 13.3 Å². The van der Waals surface area contributed by atoms with E-state index in [4.69, 9.17) is 9.84 Å². The molecule has 0 bridgehead atoms. The SMILES string of the molecule is CC=C(O)C(=O)OCCCN(C)C. The van der Waals surface area contributed by atoms with Crippen LogP contribution in [-0.4, -0.2) is 43.2 Å².